The number of hydrogen-bond donors (Lipinski definition) is 2. The molecule has 1 fully saturated rings. The van der Waals surface area contributed by atoms with Crippen molar-refractivity contribution in [2.75, 3.05) is 31.9 Å². The maximum Gasteiger partial charge on any atom is 0.224 e. The molecule has 150 valence electrons. The van der Waals surface area contributed by atoms with Crippen molar-refractivity contribution >= 4 is 11.6 Å². The van der Waals surface area contributed by atoms with E-state index in [0.29, 0.717) is 6.42 Å². The first kappa shape index (κ1) is 20.4. The van der Waals surface area contributed by atoms with E-state index < -0.39 is 0 Å². The second kappa shape index (κ2) is 10.9. The van der Waals surface area contributed by atoms with E-state index in [0.717, 1.165) is 43.1 Å². The number of carbonyl (C=O) groups excluding carboxylic acids is 1. The summed E-state index contributed by atoms with van der Waals surface area (Å²) in [5, 5.41) is 3.03. The van der Waals surface area contributed by atoms with Gasteiger partial charge in [0.1, 0.15) is 0 Å². The lowest BCUT2D eigenvalue weighted by Gasteiger charge is -2.32. The lowest BCUT2D eigenvalue weighted by molar-refractivity contribution is -0.120. The average molecular weight is 380 g/mol. The summed E-state index contributed by atoms with van der Waals surface area (Å²) >= 11 is 0. The summed E-state index contributed by atoms with van der Waals surface area (Å²) in [5.74, 6) is 0.915. The standard InChI is InChI=1S/C24H33N3O/c25-23-10-8-21(9-11-23)19-24(28)26-14-4-5-15-27-16-12-22(13-17-27)18-20-6-2-1-3-7-20/h1-3,6-11,22H,4-5,12-19,25H2,(H,26,28). The van der Waals surface area contributed by atoms with Gasteiger partial charge in [0.2, 0.25) is 5.91 Å². The van der Waals surface area contributed by atoms with E-state index in [1.54, 1.807) is 0 Å². The molecule has 3 rings (SSSR count). The van der Waals surface area contributed by atoms with Crippen molar-refractivity contribution in [3.8, 4) is 0 Å². The quantitative estimate of drug-likeness (QED) is 0.516. The maximum absolute atomic E-state index is 12.0. The number of likely N-dealkylation sites (tertiary alicyclic amines) is 1. The van der Waals surface area contributed by atoms with Crippen molar-refractivity contribution in [1.29, 1.82) is 0 Å². The molecule has 28 heavy (non-hydrogen) atoms. The monoisotopic (exact) mass is 379 g/mol. The van der Waals surface area contributed by atoms with E-state index in [1.807, 2.05) is 24.3 Å². The summed E-state index contributed by atoms with van der Waals surface area (Å²) in [5.41, 5.74) is 8.87. The molecule has 4 heteroatoms. The topological polar surface area (TPSA) is 58.4 Å². The van der Waals surface area contributed by atoms with Gasteiger partial charge in [-0.05, 0) is 80.9 Å². The third kappa shape index (κ3) is 7.01. The number of anilines is 1. The molecule has 4 nitrogen and oxygen atoms in total. The van der Waals surface area contributed by atoms with Crippen molar-refractivity contribution in [3.63, 3.8) is 0 Å². The number of piperidine rings is 1. The molecule has 2 aromatic carbocycles. The van der Waals surface area contributed by atoms with Crippen LogP contribution in [0.2, 0.25) is 0 Å². The Labute approximate surface area is 169 Å². The van der Waals surface area contributed by atoms with Crippen molar-refractivity contribution in [2.45, 2.75) is 38.5 Å². The van der Waals surface area contributed by atoms with Gasteiger partial charge in [0.25, 0.3) is 0 Å². The van der Waals surface area contributed by atoms with Gasteiger partial charge in [-0.15, -0.1) is 0 Å². The Morgan fingerprint density at radius 1 is 0.964 bits per heavy atom. The van der Waals surface area contributed by atoms with Crippen LogP contribution in [-0.4, -0.2) is 37.0 Å². The fraction of sp³-hybridized carbons (Fsp3) is 0.458. The molecule has 1 heterocycles. The van der Waals surface area contributed by atoms with Gasteiger partial charge >= 0.3 is 0 Å². The summed E-state index contributed by atoms with van der Waals surface area (Å²) < 4.78 is 0. The average Bonchev–Trinajstić information content (AvgIpc) is 2.71. The minimum atomic E-state index is 0.0893. The number of rotatable bonds is 9. The van der Waals surface area contributed by atoms with Gasteiger partial charge in [-0.3, -0.25) is 4.79 Å². The lowest BCUT2D eigenvalue weighted by atomic mass is 9.90. The Morgan fingerprint density at radius 2 is 1.68 bits per heavy atom. The Morgan fingerprint density at radius 3 is 2.39 bits per heavy atom. The molecule has 1 amide bonds. The second-order valence-electron chi connectivity index (χ2n) is 7.95. The Hall–Kier alpha value is -2.33. The maximum atomic E-state index is 12.0. The van der Waals surface area contributed by atoms with Gasteiger partial charge in [-0.1, -0.05) is 42.5 Å². The normalized spacial score (nSPS) is 15.4. The van der Waals surface area contributed by atoms with Crippen LogP contribution in [0.15, 0.2) is 54.6 Å². The zero-order valence-electron chi connectivity index (χ0n) is 16.8. The van der Waals surface area contributed by atoms with Gasteiger partial charge in [-0.2, -0.15) is 0 Å². The number of nitrogens with zero attached hydrogens (tertiary/aromatic N) is 1. The Balaban J connectivity index is 1.23. The van der Waals surface area contributed by atoms with E-state index >= 15 is 0 Å². The molecule has 0 bridgehead atoms. The highest BCUT2D eigenvalue weighted by atomic mass is 16.1. The minimum absolute atomic E-state index is 0.0893. The van der Waals surface area contributed by atoms with Gasteiger partial charge in [0.15, 0.2) is 0 Å². The molecule has 3 N–H and O–H groups in total. The van der Waals surface area contributed by atoms with Crippen molar-refractivity contribution in [3.05, 3.63) is 65.7 Å². The molecule has 0 aliphatic carbocycles. The third-order valence-corrected chi connectivity index (χ3v) is 5.64. The van der Waals surface area contributed by atoms with Crippen LogP contribution in [0.3, 0.4) is 0 Å². The molecule has 1 saturated heterocycles. The van der Waals surface area contributed by atoms with Gasteiger partial charge in [-0.25, -0.2) is 0 Å². The predicted molar refractivity (Wildman–Crippen MR) is 116 cm³/mol. The highest BCUT2D eigenvalue weighted by molar-refractivity contribution is 5.78. The number of nitrogens with two attached hydrogens (primary N) is 1. The van der Waals surface area contributed by atoms with Crippen LogP contribution in [0.4, 0.5) is 5.69 Å². The summed E-state index contributed by atoms with van der Waals surface area (Å²) in [4.78, 5) is 14.6. The highest BCUT2D eigenvalue weighted by Crippen LogP contribution is 2.21. The zero-order valence-corrected chi connectivity index (χ0v) is 16.8. The molecule has 1 aliphatic heterocycles. The summed E-state index contributed by atoms with van der Waals surface area (Å²) in [7, 11) is 0. The van der Waals surface area contributed by atoms with Crippen molar-refractivity contribution < 1.29 is 4.79 Å². The largest absolute Gasteiger partial charge is 0.399 e. The molecule has 0 unspecified atom stereocenters. The molecule has 0 radical (unpaired) electrons. The smallest absolute Gasteiger partial charge is 0.224 e. The van der Waals surface area contributed by atoms with Crippen molar-refractivity contribution in [2.24, 2.45) is 5.92 Å². The van der Waals surface area contributed by atoms with Gasteiger partial charge < -0.3 is 16.0 Å². The van der Waals surface area contributed by atoms with E-state index in [2.05, 4.69) is 40.5 Å². The molecule has 0 spiro atoms. The first-order chi connectivity index (χ1) is 13.7. The van der Waals surface area contributed by atoms with E-state index in [9.17, 15) is 4.79 Å². The van der Waals surface area contributed by atoms with Crippen LogP contribution in [0.5, 0.6) is 0 Å². The number of nitrogens with one attached hydrogen (secondary N) is 1. The number of benzene rings is 2. The minimum Gasteiger partial charge on any atom is -0.399 e. The fourth-order valence-corrected chi connectivity index (χ4v) is 3.93. The second-order valence-corrected chi connectivity index (χ2v) is 7.95. The van der Waals surface area contributed by atoms with Crippen LogP contribution in [0.25, 0.3) is 0 Å². The lowest BCUT2D eigenvalue weighted by Crippen LogP contribution is -2.35. The predicted octanol–water partition coefficient (Wildman–Crippen LogP) is 3.66. The molecule has 0 atom stereocenters. The molecule has 2 aromatic rings. The summed E-state index contributed by atoms with van der Waals surface area (Å²) in [6.45, 7) is 4.33. The number of hydrogen-bond acceptors (Lipinski definition) is 3. The molecule has 0 aromatic heterocycles. The van der Waals surface area contributed by atoms with Gasteiger partial charge in [0.05, 0.1) is 6.42 Å². The van der Waals surface area contributed by atoms with E-state index in [4.69, 9.17) is 5.73 Å². The van der Waals surface area contributed by atoms with E-state index in [-0.39, 0.29) is 5.91 Å². The van der Waals surface area contributed by atoms with Crippen LogP contribution in [-0.2, 0) is 17.6 Å². The number of unbranched alkanes of at least 4 members (excludes halogenated alkanes) is 1. The summed E-state index contributed by atoms with van der Waals surface area (Å²) in [6.07, 6.45) is 6.42. The molecule has 1 aliphatic rings. The fourth-order valence-electron chi connectivity index (χ4n) is 3.93. The number of nitrogen functional groups attached to an aromatic ring is 1. The molecule has 0 saturated carbocycles. The highest BCUT2D eigenvalue weighted by Gasteiger charge is 2.18. The zero-order chi connectivity index (χ0) is 19.6. The Bertz CT molecular complexity index is 706. The SMILES string of the molecule is Nc1ccc(CC(=O)NCCCCN2CCC(Cc3ccccc3)CC2)cc1. The Kier molecular flexibility index (Phi) is 7.92. The van der Waals surface area contributed by atoms with Crippen LogP contribution >= 0.6 is 0 Å². The number of carbonyl (C=O) groups is 1. The van der Waals surface area contributed by atoms with E-state index in [1.165, 1.54) is 37.9 Å². The first-order valence-electron chi connectivity index (χ1n) is 10.6. The molecular formula is C24H33N3O. The van der Waals surface area contributed by atoms with Crippen LogP contribution < -0.4 is 11.1 Å². The molecular weight excluding hydrogens is 346 g/mol. The van der Waals surface area contributed by atoms with Crippen molar-refractivity contribution in [1.82, 2.24) is 10.2 Å². The number of amides is 1. The first-order valence-corrected chi connectivity index (χ1v) is 10.6. The van der Waals surface area contributed by atoms with Gasteiger partial charge in [0, 0.05) is 12.2 Å². The summed E-state index contributed by atoms with van der Waals surface area (Å²) in [6, 6.07) is 18.4. The van der Waals surface area contributed by atoms with Crippen LogP contribution in [0, 0.1) is 5.92 Å². The van der Waals surface area contributed by atoms with Crippen LogP contribution in [0.1, 0.15) is 36.8 Å². The third-order valence-electron chi connectivity index (χ3n) is 5.64.